The summed E-state index contributed by atoms with van der Waals surface area (Å²) in [5.41, 5.74) is 3.30. The van der Waals surface area contributed by atoms with E-state index in [4.69, 9.17) is 9.47 Å². The quantitative estimate of drug-likeness (QED) is 0.479. The third kappa shape index (κ3) is 3.07. The number of carbonyl (C=O) groups excluding carboxylic acids is 2. The Morgan fingerprint density at radius 3 is 2.72 bits per heavy atom. The molecule has 0 aromatic heterocycles. The molecule has 1 aliphatic heterocycles. The first-order valence-electron chi connectivity index (χ1n) is 8.38. The van der Waals surface area contributed by atoms with Crippen molar-refractivity contribution >= 4 is 17.8 Å². The Bertz CT molecular complexity index is 919. The number of carbonyl (C=O) groups is 2. The van der Waals surface area contributed by atoms with E-state index in [1.165, 1.54) is 0 Å². The van der Waals surface area contributed by atoms with Crippen LogP contribution in [0.1, 0.15) is 39.9 Å². The van der Waals surface area contributed by atoms with Gasteiger partial charge in [-0.3, -0.25) is 9.59 Å². The fourth-order valence-electron chi connectivity index (χ4n) is 2.97. The summed E-state index contributed by atoms with van der Waals surface area (Å²) < 4.78 is 11.2. The fraction of sp³-hybridized carbons (Fsp3) is 0.238. The van der Waals surface area contributed by atoms with Gasteiger partial charge in [-0.15, -0.1) is 0 Å². The standard InChI is InChI=1S/C21H18O4/c1-12-4-3-5-14(8-12)10-18-20(22)19-13(2)9-16(11-17(19)25-18)24-21(23)15-6-7-15/h3-5,8-11,15H,6-7H2,1-2H3/b18-10-. The first-order valence-corrected chi connectivity index (χ1v) is 8.38. The first kappa shape index (κ1) is 15.6. The monoisotopic (exact) mass is 334 g/mol. The lowest BCUT2D eigenvalue weighted by molar-refractivity contribution is -0.135. The molecule has 1 aliphatic carbocycles. The Morgan fingerprint density at radius 2 is 2.00 bits per heavy atom. The van der Waals surface area contributed by atoms with Crippen molar-refractivity contribution in [3.8, 4) is 11.5 Å². The Hall–Kier alpha value is -2.88. The molecule has 0 atom stereocenters. The van der Waals surface area contributed by atoms with Crippen molar-refractivity contribution in [1.29, 1.82) is 0 Å². The molecular formula is C21H18O4. The molecule has 0 unspecified atom stereocenters. The van der Waals surface area contributed by atoms with E-state index in [0.29, 0.717) is 17.1 Å². The second kappa shape index (κ2) is 5.88. The molecule has 0 bridgehead atoms. The summed E-state index contributed by atoms with van der Waals surface area (Å²) in [6.07, 6.45) is 3.52. The third-order valence-electron chi connectivity index (χ3n) is 4.41. The van der Waals surface area contributed by atoms with Gasteiger partial charge in [-0.25, -0.2) is 0 Å². The molecular weight excluding hydrogens is 316 g/mol. The minimum absolute atomic E-state index is 0.0212. The molecule has 2 aromatic rings. The van der Waals surface area contributed by atoms with Gasteiger partial charge in [-0.05, 0) is 50.0 Å². The molecule has 0 N–H and O–H groups in total. The van der Waals surface area contributed by atoms with Crippen molar-refractivity contribution in [3.63, 3.8) is 0 Å². The second-order valence-electron chi connectivity index (χ2n) is 6.66. The summed E-state index contributed by atoms with van der Waals surface area (Å²) in [4.78, 5) is 24.5. The van der Waals surface area contributed by atoms with Gasteiger partial charge in [-0.2, -0.15) is 0 Å². The van der Waals surface area contributed by atoms with Crippen LogP contribution in [0.4, 0.5) is 0 Å². The number of Topliss-reactive ketones (excluding diaryl/α,β-unsaturated/α-hetero) is 1. The van der Waals surface area contributed by atoms with Crippen molar-refractivity contribution in [2.24, 2.45) is 5.92 Å². The summed E-state index contributed by atoms with van der Waals surface area (Å²) in [7, 11) is 0. The summed E-state index contributed by atoms with van der Waals surface area (Å²) in [5, 5.41) is 0. The third-order valence-corrected chi connectivity index (χ3v) is 4.41. The Labute approximate surface area is 146 Å². The van der Waals surface area contributed by atoms with Gasteiger partial charge in [0.2, 0.25) is 5.78 Å². The molecule has 4 heteroatoms. The smallest absolute Gasteiger partial charge is 0.314 e. The number of ether oxygens (including phenoxy) is 2. The van der Waals surface area contributed by atoms with Gasteiger partial charge in [0.15, 0.2) is 5.76 Å². The van der Waals surface area contributed by atoms with Crippen molar-refractivity contribution in [1.82, 2.24) is 0 Å². The summed E-state index contributed by atoms with van der Waals surface area (Å²) >= 11 is 0. The average Bonchev–Trinajstić information content (AvgIpc) is 3.34. The predicted octanol–water partition coefficient (Wildman–Crippen LogP) is 4.24. The van der Waals surface area contributed by atoms with Crippen molar-refractivity contribution < 1.29 is 19.1 Å². The van der Waals surface area contributed by atoms with Crippen LogP contribution in [0.3, 0.4) is 0 Å². The summed E-state index contributed by atoms with van der Waals surface area (Å²) in [5.74, 6) is 0.829. The van der Waals surface area contributed by atoms with Gasteiger partial charge in [-0.1, -0.05) is 29.8 Å². The number of ketones is 1. The van der Waals surface area contributed by atoms with Crippen LogP contribution in [0.15, 0.2) is 42.2 Å². The zero-order valence-corrected chi connectivity index (χ0v) is 14.2. The summed E-state index contributed by atoms with van der Waals surface area (Å²) in [6.45, 7) is 3.82. The predicted molar refractivity (Wildman–Crippen MR) is 93.7 cm³/mol. The van der Waals surface area contributed by atoms with Crippen LogP contribution < -0.4 is 9.47 Å². The maximum atomic E-state index is 12.7. The highest BCUT2D eigenvalue weighted by molar-refractivity contribution is 6.15. The number of benzene rings is 2. The van der Waals surface area contributed by atoms with Crippen molar-refractivity contribution in [2.45, 2.75) is 26.7 Å². The van der Waals surface area contributed by atoms with E-state index >= 15 is 0 Å². The molecule has 126 valence electrons. The van der Waals surface area contributed by atoms with Crippen molar-refractivity contribution in [2.75, 3.05) is 0 Å². The van der Waals surface area contributed by atoms with Crippen molar-refractivity contribution in [3.05, 3.63) is 64.4 Å². The molecule has 1 saturated carbocycles. The van der Waals surface area contributed by atoms with Crippen LogP contribution in [0.5, 0.6) is 11.5 Å². The lowest BCUT2D eigenvalue weighted by Gasteiger charge is -2.07. The summed E-state index contributed by atoms with van der Waals surface area (Å²) in [6, 6.07) is 11.2. The van der Waals surface area contributed by atoms with Crippen LogP contribution in [0.25, 0.3) is 6.08 Å². The number of rotatable bonds is 3. The first-order chi connectivity index (χ1) is 12.0. The molecule has 0 saturated heterocycles. The van der Waals surface area contributed by atoms with Gasteiger partial charge in [0, 0.05) is 6.07 Å². The number of hydrogen-bond acceptors (Lipinski definition) is 4. The lowest BCUT2D eigenvalue weighted by Crippen LogP contribution is -2.10. The molecule has 4 rings (SSSR count). The molecule has 1 fully saturated rings. The van der Waals surface area contributed by atoms with Gasteiger partial charge < -0.3 is 9.47 Å². The van der Waals surface area contributed by atoms with E-state index in [1.807, 2.05) is 38.1 Å². The highest BCUT2D eigenvalue weighted by atomic mass is 16.5. The molecule has 2 aromatic carbocycles. The van der Waals surface area contributed by atoms with Crippen LogP contribution in [-0.4, -0.2) is 11.8 Å². The van der Waals surface area contributed by atoms with Gasteiger partial charge in [0.05, 0.1) is 11.5 Å². The highest BCUT2D eigenvalue weighted by Crippen LogP contribution is 2.38. The van der Waals surface area contributed by atoms with Crippen LogP contribution in [0, 0.1) is 19.8 Å². The Kier molecular flexibility index (Phi) is 3.68. The van der Waals surface area contributed by atoms with E-state index in [9.17, 15) is 9.59 Å². The van der Waals surface area contributed by atoms with Gasteiger partial charge in [0.1, 0.15) is 11.5 Å². The minimum atomic E-state index is -0.209. The second-order valence-corrected chi connectivity index (χ2v) is 6.66. The van der Waals surface area contributed by atoms with E-state index in [1.54, 1.807) is 18.2 Å². The van der Waals surface area contributed by atoms with Crippen LogP contribution >= 0.6 is 0 Å². The average molecular weight is 334 g/mol. The zero-order chi connectivity index (χ0) is 17.6. The van der Waals surface area contributed by atoms with E-state index < -0.39 is 0 Å². The zero-order valence-electron chi connectivity index (χ0n) is 14.2. The normalized spacial score (nSPS) is 17.4. The van der Waals surface area contributed by atoms with Gasteiger partial charge in [0.25, 0.3) is 0 Å². The van der Waals surface area contributed by atoms with Crippen LogP contribution in [-0.2, 0) is 4.79 Å². The van der Waals surface area contributed by atoms with Gasteiger partial charge >= 0.3 is 5.97 Å². The molecule has 0 spiro atoms. The largest absolute Gasteiger partial charge is 0.452 e. The Balaban J connectivity index is 1.64. The molecule has 0 amide bonds. The van der Waals surface area contributed by atoms with E-state index in [-0.39, 0.29) is 23.4 Å². The topological polar surface area (TPSA) is 52.6 Å². The lowest BCUT2D eigenvalue weighted by atomic mass is 10.0. The van der Waals surface area contributed by atoms with Crippen LogP contribution in [0.2, 0.25) is 0 Å². The number of fused-ring (bicyclic) bond motifs is 1. The molecule has 25 heavy (non-hydrogen) atoms. The fourth-order valence-corrected chi connectivity index (χ4v) is 2.97. The highest BCUT2D eigenvalue weighted by Gasteiger charge is 2.33. The maximum absolute atomic E-state index is 12.7. The Morgan fingerprint density at radius 1 is 1.20 bits per heavy atom. The maximum Gasteiger partial charge on any atom is 0.314 e. The number of aryl methyl sites for hydroxylation is 2. The number of hydrogen-bond donors (Lipinski definition) is 0. The molecule has 4 nitrogen and oxygen atoms in total. The molecule has 1 heterocycles. The minimum Gasteiger partial charge on any atom is -0.452 e. The van der Waals surface area contributed by atoms with E-state index in [0.717, 1.165) is 29.5 Å². The SMILES string of the molecule is Cc1cccc(/C=C2\Oc3cc(OC(=O)C4CC4)cc(C)c3C2=O)c1. The molecule has 2 aliphatic rings. The number of esters is 1. The molecule has 0 radical (unpaired) electrons. The van der Waals surface area contributed by atoms with E-state index in [2.05, 4.69) is 0 Å². The number of allylic oxidation sites excluding steroid dienone is 1.